The number of imidazole rings is 2. The molecule has 0 unspecified atom stereocenters. The van der Waals surface area contributed by atoms with E-state index in [0.29, 0.717) is 13.5 Å². The molecule has 2 rings (SSSR count). The normalized spacial score (nSPS) is 11.7. The van der Waals surface area contributed by atoms with Gasteiger partial charge >= 0.3 is 0 Å². The Morgan fingerprint density at radius 2 is 0.615 bits per heavy atom. The summed E-state index contributed by atoms with van der Waals surface area (Å²) in [4.78, 5) is 0. The van der Waals surface area contributed by atoms with E-state index >= 15 is 0 Å². The number of hydrogen-bond donors (Lipinski definition) is 0. The lowest BCUT2D eigenvalue weighted by atomic mass is 10.0. The van der Waals surface area contributed by atoms with Gasteiger partial charge in [0.05, 0.1) is 26.3 Å². The van der Waals surface area contributed by atoms with Crippen molar-refractivity contribution < 1.29 is 18.6 Å². The molecule has 0 spiro atoms. The quantitative estimate of drug-likeness (QED) is 0.0505. The van der Waals surface area contributed by atoms with Crippen LogP contribution in [0.1, 0.15) is 219 Å². The monoisotopic (exact) mass is 729 g/mol. The molecular weight excluding hydrogens is 641 g/mol. The van der Waals surface area contributed by atoms with Gasteiger partial charge in [0.2, 0.25) is 12.7 Å². The number of hydrogen-bond acceptors (Lipinski definition) is 2. The summed E-state index contributed by atoms with van der Waals surface area (Å²) in [5.41, 5.74) is 0. The SMILES string of the molecule is CCCCCCCCCCCCCCCCn1cc[n+](COCCCCCCOC[n+]2ccn(CCCCCCCCCCCCCCCC)c2)c1. The second-order valence-corrected chi connectivity index (χ2v) is 16.0. The lowest BCUT2D eigenvalue weighted by molar-refractivity contribution is -0.732. The van der Waals surface area contributed by atoms with Gasteiger partial charge in [0.25, 0.3) is 0 Å². The van der Waals surface area contributed by atoms with Crippen LogP contribution in [0, 0.1) is 0 Å². The predicted octanol–water partition coefficient (Wildman–Crippen LogP) is 13.0. The number of aryl methyl sites for hydroxylation is 2. The van der Waals surface area contributed by atoms with E-state index in [1.165, 1.54) is 193 Å². The van der Waals surface area contributed by atoms with Crippen molar-refractivity contribution in [3.63, 3.8) is 0 Å². The Bertz CT molecular complexity index is 910. The number of aromatic nitrogens is 4. The average Bonchev–Trinajstić information content (AvgIpc) is 3.82. The molecule has 0 bridgehead atoms. The molecule has 0 atom stereocenters. The fourth-order valence-corrected chi connectivity index (χ4v) is 7.37. The van der Waals surface area contributed by atoms with E-state index in [2.05, 4.69) is 69.6 Å². The number of ether oxygens (including phenoxy) is 2. The maximum absolute atomic E-state index is 5.94. The minimum absolute atomic E-state index is 0.658. The topological polar surface area (TPSA) is 36.1 Å². The first-order chi connectivity index (χ1) is 25.8. The van der Waals surface area contributed by atoms with Crippen molar-refractivity contribution in [3.05, 3.63) is 37.4 Å². The fourth-order valence-electron chi connectivity index (χ4n) is 7.37. The standard InChI is InChI=1S/C46H88N4O2/c1-3-5-7-9-11-13-15-17-19-21-23-25-27-31-35-47-37-39-49(43-47)45-51-41-33-29-30-34-42-52-46-50-40-38-48(44-50)36-32-28-26-24-22-20-18-16-14-12-10-8-6-4-2/h37-40,43-44H,3-36,41-42,45-46H2,1-2H3/q+2. The van der Waals surface area contributed by atoms with Crippen LogP contribution in [0.5, 0.6) is 0 Å². The Kier molecular flexibility index (Phi) is 32.5. The summed E-state index contributed by atoms with van der Waals surface area (Å²) in [6.07, 6.45) is 57.3. The molecule has 6 heteroatoms. The summed E-state index contributed by atoms with van der Waals surface area (Å²) in [7, 11) is 0. The molecule has 0 saturated heterocycles. The van der Waals surface area contributed by atoms with Crippen molar-refractivity contribution in [1.29, 1.82) is 0 Å². The Morgan fingerprint density at radius 1 is 0.346 bits per heavy atom. The van der Waals surface area contributed by atoms with Gasteiger partial charge in [-0.2, -0.15) is 0 Å². The molecule has 6 nitrogen and oxygen atoms in total. The van der Waals surface area contributed by atoms with Gasteiger partial charge in [0.15, 0.2) is 13.5 Å². The van der Waals surface area contributed by atoms with E-state index in [1.807, 2.05) is 0 Å². The Hall–Kier alpha value is -1.66. The van der Waals surface area contributed by atoms with Crippen LogP contribution in [0.3, 0.4) is 0 Å². The Labute approximate surface area is 323 Å². The zero-order valence-corrected chi connectivity index (χ0v) is 34.9. The van der Waals surface area contributed by atoms with Crippen molar-refractivity contribution >= 4 is 0 Å². The summed E-state index contributed by atoms with van der Waals surface area (Å²) in [6, 6.07) is 0. The number of unbranched alkanes of at least 4 members (excludes halogenated alkanes) is 29. The second kappa shape index (κ2) is 36.3. The van der Waals surface area contributed by atoms with Gasteiger partial charge in [-0.05, 0) is 38.5 Å². The second-order valence-electron chi connectivity index (χ2n) is 16.0. The third-order valence-corrected chi connectivity index (χ3v) is 10.8. The fraction of sp³-hybridized carbons (Fsp3) is 0.870. The highest BCUT2D eigenvalue weighted by molar-refractivity contribution is 4.67. The molecule has 0 fully saturated rings. The van der Waals surface area contributed by atoms with Gasteiger partial charge in [-0.25, -0.2) is 18.3 Å². The summed E-state index contributed by atoms with van der Waals surface area (Å²) in [6.45, 7) is 9.82. The van der Waals surface area contributed by atoms with Crippen molar-refractivity contribution in [2.75, 3.05) is 13.2 Å². The smallest absolute Gasteiger partial charge is 0.245 e. The molecule has 2 aromatic heterocycles. The van der Waals surface area contributed by atoms with Crippen LogP contribution >= 0.6 is 0 Å². The van der Waals surface area contributed by atoms with Crippen LogP contribution in [0.2, 0.25) is 0 Å². The summed E-state index contributed by atoms with van der Waals surface area (Å²) in [5, 5.41) is 0. The van der Waals surface area contributed by atoms with Gasteiger partial charge in [-0.1, -0.05) is 181 Å². The van der Waals surface area contributed by atoms with Gasteiger partial charge < -0.3 is 9.47 Å². The summed E-state index contributed by atoms with van der Waals surface area (Å²) < 4.78 is 20.9. The van der Waals surface area contributed by atoms with E-state index in [1.54, 1.807) is 0 Å². The lowest BCUT2D eigenvalue weighted by Gasteiger charge is -2.04. The Morgan fingerprint density at radius 3 is 0.923 bits per heavy atom. The highest BCUT2D eigenvalue weighted by Crippen LogP contribution is 2.15. The third-order valence-electron chi connectivity index (χ3n) is 10.8. The van der Waals surface area contributed by atoms with Crippen molar-refractivity contribution in [2.24, 2.45) is 0 Å². The van der Waals surface area contributed by atoms with Crippen molar-refractivity contribution in [1.82, 2.24) is 9.13 Å². The zero-order valence-electron chi connectivity index (χ0n) is 34.9. The molecule has 0 aromatic carbocycles. The predicted molar refractivity (Wildman–Crippen MR) is 220 cm³/mol. The molecule has 2 aromatic rings. The minimum atomic E-state index is 0.658. The molecular formula is C46H88N4O2+2. The molecule has 2 heterocycles. The van der Waals surface area contributed by atoms with Crippen LogP contribution in [0.25, 0.3) is 0 Å². The van der Waals surface area contributed by atoms with E-state index in [9.17, 15) is 0 Å². The third kappa shape index (κ3) is 28.8. The number of nitrogens with zero attached hydrogens (tertiary/aromatic N) is 4. The van der Waals surface area contributed by atoms with Gasteiger partial charge in [0.1, 0.15) is 24.8 Å². The Balaban J connectivity index is 1.29. The van der Waals surface area contributed by atoms with Crippen LogP contribution in [-0.4, -0.2) is 22.3 Å². The first-order valence-corrected chi connectivity index (χ1v) is 23.1. The molecule has 0 radical (unpaired) electrons. The van der Waals surface area contributed by atoms with Gasteiger partial charge in [0, 0.05) is 0 Å². The molecule has 0 N–H and O–H groups in total. The van der Waals surface area contributed by atoms with Gasteiger partial charge in [-0.15, -0.1) is 0 Å². The first-order valence-electron chi connectivity index (χ1n) is 23.1. The van der Waals surface area contributed by atoms with Crippen LogP contribution in [-0.2, 0) is 36.0 Å². The highest BCUT2D eigenvalue weighted by atomic mass is 16.5. The van der Waals surface area contributed by atoms with Crippen LogP contribution < -0.4 is 9.13 Å². The molecule has 302 valence electrons. The van der Waals surface area contributed by atoms with E-state index in [4.69, 9.17) is 9.47 Å². The van der Waals surface area contributed by atoms with E-state index in [0.717, 1.165) is 39.1 Å². The average molecular weight is 729 g/mol. The van der Waals surface area contributed by atoms with Crippen LogP contribution in [0.15, 0.2) is 37.4 Å². The maximum atomic E-state index is 5.94. The summed E-state index contributed by atoms with van der Waals surface area (Å²) >= 11 is 0. The maximum Gasteiger partial charge on any atom is 0.245 e. The van der Waals surface area contributed by atoms with E-state index in [-0.39, 0.29) is 0 Å². The molecule has 0 aliphatic heterocycles. The molecule has 0 amide bonds. The van der Waals surface area contributed by atoms with Gasteiger partial charge in [-0.3, -0.25) is 0 Å². The number of rotatable bonds is 41. The molecule has 0 aliphatic carbocycles. The molecule has 0 saturated carbocycles. The first kappa shape index (κ1) is 46.5. The van der Waals surface area contributed by atoms with Crippen molar-refractivity contribution in [3.8, 4) is 0 Å². The molecule has 0 aliphatic rings. The highest BCUT2D eigenvalue weighted by Gasteiger charge is 2.05. The van der Waals surface area contributed by atoms with E-state index < -0.39 is 0 Å². The zero-order chi connectivity index (χ0) is 36.8. The minimum Gasteiger partial charge on any atom is -0.342 e. The van der Waals surface area contributed by atoms with Crippen molar-refractivity contribution in [2.45, 2.75) is 246 Å². The summed E-state index contributed by atoms with van der Waals surface area (Å²) in [5.74, 6) is 0. The van der Waals surface area contributed by atoms with Crippen LogP contribution in [0.4, 0.5) is 0 Å². The molecule has 52 heavy (non-hydrogen) atoms. The lowest BCUT2D eigenvalue weighted by Crippen LogP contribution is -2.32. The largest absolute Gasteiger partial charge is 0.342 e.